The Bertz CT molecular complexity index is 513. The highest BCUT2D eigenvalue weighted by molar-refractivity contribution is 7.10. The fourth-order valence-electron chi connectivity index (χ4n) is 1.79. The van der Waals surface area contributed by atoms with Crippen LogP contribution in [-0.4, -0.2) is 13.2 Å². The first-order valence-corrected chi connectivity index (χ1v) is 7.58. The molecule has 0 spiro atoms. The summed E-state index contributed by atoms with van der Waals surface area (Å²) in [6.45, 7) is 5.61. The average Bonchev–Trinajstić information content (AvgIpc) is 2.92. The van der Waals surface area contributed by atoms with Crippen LogP contribution in [0.3, 0.4) is 0 Å². The molecular weight excluding hydrogens is 278 g/mol. The summed E-state index contributed by atoms with van der Waals surface area (Å²) in [4.78, 5) is 1.35. The van der Waals surface area contributed by atoms with Gasteiger partial charge in [0, 0.05) is 22.5 Å². The van der Waals surface area contributed by atoms with Gasteiger partial charge in [-0.25, -0.2) is 0 Å². The van der Waals surface area contributed by atoms with E-state index in [9.17, 15) is 0 Å². The summed E-state index contributed by atoms with van der Waals surface area (Å²) < 4.78 is 5.69. The normalized spacial score (nSPS) is 12.4. The van der Waals surface area contributed by atoms with Crippen LogP contribution in [0.2, 0.25) is 5.02 Å². The van der Waals surface area contributed by atoms with Gasteiger partial charge in [0.1, 0.15) is 12.4 Å². The summed E-state index contributed by atoms with van der Waals surface area (Å²) in [6.07, 6.45) is 0. The van der Waals surface area contributed by atoms with Crippen molar-refractivity contribution in [2.24, 2.45) is 0 Å². The molecule has 1 aromatic heterocycles. The van der Waals surface area contributed by atoms with Crippen molar-refractivity contribution in [2.75, 3.05) is 13.2 Å². The van der Waals surface area contributed by atoms with Crippen LogP contribution in [0.25, 0.3) is 0 Å². The zero-order chi connectivity index (χ0) is 13.7. The predicted octanol–water partition coefficient (Wildman–Crippen LogP) is 4.44. The number of hydrogen-bond donors (Lipinski definition) is 1. The van der Waals surface area contributed by atoms with E-state index in [1.807, 2.05) is 25.1 Å². The first-order chi connectivity index (χ1) is 9.16. The van der Waals surface area contributed by atoms with E-state index in [0.717, 1.165) is 22.9 Å². The zero-order valence-electron chi connectivity index (χ0n) is 11.2. The molecule has 19 heavy (non-hydrogen) atoms. The van der Waals surface area contributed by atoms with Gasteiger partial charge in [-0.3, -0.25) is 0 Å². The fourth-order valence-corrected chi connectivity index (χ4v) is 2.67. The van der Waals surface area contributed by atoms with Crippen LogP contribution in [-0.2, 0) is 0 Å². The molecule has 1 unspecified atom stereocenters. The van der Waals surface area contributed by atoms with Crippen molar-refractivity contribution in [1.29, 1.82) is 0 Å². The lowest BCUT2D eigenvalue weighted by Gasteiger charge is -2.13. The molecule has 102 valence electrons. The first-order valence-electron chi connectivity index (χ1n) is 6.32. The number of thiophene rings is 1. The quantitative estimate of drug-likeness (QED) is 0.796. The summed E-state index contributed by atoms with van der Waals surface area (Å²) in [5.74, 6) is 0.868. The maximum atomic E-state index is 5.97. The van der Waals surface area contributed by atoms with Crippen molar-refractivity contribution in [1.82, 2.24) is 5.32 Å². The lowest BCUT2D eigenvalue weighted by atomic mass is 10.2. The fraction of sp³-hybridized carbons (Fsp3) is 0.333. The first kappa shape index (κ1) is 14.4. The van der Waals surface area contributed by atoms with Crippen LogP contribution in [0.4, 0.5) is 0 Å². The third-order valence-corrected chi connectivity index (χ3v) is 4.40. The number of hydrogen-bond acceptors (Lipinski definition) is 3. The summed E-state index contributed by atoms with van der Waals surface area (Å²) in [5.41, 5.74) is 1.04. The van der Waals surface area contributed by atoms with Crippen molar-refractivity contribution in [2.45, 2.75) is 19.9 Å². The van der Waals surface area contributed by atoms with E-state index in [1.165, 1.54) is 4.88 Å². The van der Waals surface area contributed by atoms with Gasteiger partial charge in [0.25, 0.3) is 0 Å². The minimum absolute atomic E-state index is 0.371. The molecule has 1 atom stereocenters. The highest BCUT2D eigenvalue weighted by atomic mass is 35.5. The molecular formula is C15H18ClNOS. The Hall–Kier alpha value is -1.03. The molecule has 1 N–H and O–H groups in total. The maximum Gasteiger partial charge on any atom is 0.119 e. The van der Waals surface area contributed by atoms with E-state index >= 15 is 0 Å². The number of ether oxygens (including phenoxy) is 1. The van der Waals surface area contributed by atoms with Crippen LogP contribution in [0.15, 0.2) is 35.7 Å². The van der Waals surface area contributed by atoms with E-state index in [0.29, 0.717) is 12.6 Å². The van der Waals surface area contributed by atoms with E-state index in [1.54, 1.807) is 11.3 Å². The van der Waals surface area contributed by atoms with Gasteiger partial charge in [0.2, 0.25) is 0 Å². The lowest BCUT2D eigenvalue weighted by molar-refractivity contribution is 0.308. The van der Waals surface area contributed by atoms with Crippen molar-refractivity contribution in [3.8, 4) is 5.75 Å². The Kier molecular flexibility index (Phi) is 5.25. The van der Waals surface area contributed by atoms with Crippen molar-refractivity contribution >= 4 is 22.9 Å². The number of nitrogens with one attached hydrogen (secondary N) is 1. The van der Waals surface area contributed by atoms with Crippen molar-refractivity contribution in [3.63, 3.8) is 0 Å². The van der Waals surface area contributed by atoms with Gasteiger partial charge in [0.05, 0.1) is 0 Å². The summed E-state index contributed by atoms with van der Waals surface area (Å²) in [5, 5.41) is 6.31. The molecule has 0 bridgehead atoms. The monoisotopic (exact) mass is 295 g/mol. The Morgan fingerprint density at radius 3 is 2.89 bits per heavy atom. The topological polar surface area (TPSA) is 21.3 Å². The molecule has 1 heterocycles. The minimum Gasteiger partial charge on any atom is -0.492 e. The maximum absolute atomic E-state index is 5.97. The molecule has 0 saturated carbocycles. The molecule has 0 amide bonds. The highest BCUT2D eigenvalue weighted by Gasteiger charge is 2.05. The van der Waals surface area contributed by atoms with Gasteiger partial charge >= 0.3 is 0 Å². The summed E-state index contributed by atoms with van der Waals surface area (Å²) in [6, 6.07) is 10.3. The van der Waals surface area contributed by atoms with E-state index in [-0.39, 0.29) is 0 Å². The third kappa shape index (κ3) is 4.23. The smallest absolute Gasteiger partial charge is 0.119 e. The van der Waals surface area contributed by atoms with Crippen LogP contribution < -0.4 is 10.1 Å². The second kappa shape index (κ2) is 6.94. The second-order valence-electron chi connectivity index (χ2n) is 4.45. The van der Waals surface area contributed by atoms with Gasteiger partial charge in [-0.15, -0.1) is 11.3 Å². The van der Waals surface area contributed by atoms with Crippen LogP contribution in [0.1, 0.15) is 23.4 Å². The number of benzene rings is 1. The Morgan fingerprint density at radius 2 is 2.21 bits per heavy atom. The SMILES string of the molecule is Cc1cc(OCCNC(C)c2cccs2)ccc1Cl. The number of halogens is 1. The molecule has 0 radical (unpaired) electrons. The molecule has 2 nitrogen and oxygen atoms in total. The number of rotatable bonds is 6. The van der Waals surface area contributed by atoms with Gasteiger partial charge in [-0.1, -0.05) is 17.7 Å². The van der Waals surface area contributed by atoms with Gasteiger partial charge in [-0.2, -0.15) is 0 Å². The second-order valence-corrected chi connectivity index (χ2v) is 5.84. The van der Waals surface area contributed by atoms with Gasteiger partial charge in [-0.05, 0) is 49.1 Å². The lowest BCUT2D eigenvalue weighted by Crippen LogP contribution is -2.23. The van der Waals surface area contributed by atoms with Crippen molar-refractivity contribution < 1.29 is 4.74 Å². The predicted molar refractivity (Wildman–Crippen MR) is 82.4 cm³/mol. The van der Waals surface area contributed by atoms with Gasteiger partial charge < -0.3 is 10.1 Å². The summed E-state index contributed by atoms with van der Waals surface area (Å²) >= 11 is 7.74. The Labute approximate surface area is 123 Å². The van der Waals surface area contributed by atoms with Crippen LogP contribution in [0, 0.1) is 6.92 Å². The third-order valence-electron chi connectivity index (χ3n) is 2.92. The number of aryl methyl sites for hydroxylation is 1. The Morgan fingerprint density at radius 1 is 1.37 bits per heavy atom. The van der Waals surface area contributed by atoms with Crippen molar-refractivity contribution in [3.05, 3.63) is 51.2 Å². The average molecular weight is 296 g/mol. The molecule has 0 saturated heterocycles. The molecule has 4 heteroatoms. The molecule has 0 fully saturated rings. The molecule has 2 rings (SSSR count). The Balaban J connectivity index is 1.73. The molecule has 0 aliphatic rings. The zero-order valence-corrected chi connectivity index (χ0v) is 12.7. The standard InChI is InChI=1S/C15H18ClNOS/c1-11-10-13(5-6-14(11)16)18-8-7-17-12(2)15-4-3-9-19-15/h3-6,9-10,12,17H,7-8H2,1-2H3. The van der Waals surface area contributed by atoms with Crippen LogP contribution >= 0.6 is 22.9 Å². The molecule has 1 aromatic carbocycles. The molecule has 2 aromatic rings. The molecule has 0 aliphatic heterocycles. The minimum atomic E-state index is 0.371. The van der Waals surface area contributed by atoms with Gasteiger partial charge in [0.15, 0.2) is 0 Å². The highest BCUT2D eigenvalue weighted by Crippen LogP contribution is 2.21. The summed E-state index contributed by atoms with van der Waals surface area (Å²) in [7, 11) is 0. The van der Waals surface area contributed by atoms with Crippen LogP contribution in [0.5, 0.6) is 5.75 Å². The largest absolute Gasteiger partial charge is 0.492 e. The van der Waals surface area contributed by atoms with E-state index < -0.39 is 0 Å². The van der Waals surface area contributed by atoms with E-state index in [2.05, 4.69) is 29.8 Å². The molecule has 0 aliphatic carbocycles. The van der Waals surface area contributed by atoms with E-state index in [4.69, 9.17) is 16.3 Å².